The van der Waals surface area contributed by atoms with Gasteiger partial charge in [-0.05, 0) is 77.9 Å². The van der Waals surface area contributed by atoms with Crippen molar-refractivity contribution in [2.75, 3.05) is 26.9 Å². The minimum absolute atomic E-state index is 0.174. The van der Waals surface area contributed by atoms with Crippen LogP contribution in [0.2, 0.25) is 0 Å². The number of amides is 2. The highest BCUT2D eigenvalue weighted by molar-refractivity contribution is 14.1. The van der Waals surface area contributed by atoms with Crippen molar-refractivity contribution in [3.63, 3.8) is 0 Å². The number of hydrazone groups is 1. The molecule has 0 radical (unpaired) electrons. The van der Waals surface area contributed by atoms with Gasteiger partial charge >= 0.3 is 18.0 Å². The molecular formula is C26H29IN4O9. The van der Waals surface area contributed by atoms with Gasteiger partial charge in [0.05, 0.1) is 35.1 Å². The molecule has 214 valence electrons. The summed E-state index contributed by atoms with van der Waals surface area (Å²) < 4.78 is 22.2. The number of aliphatic hydroxyl groups is 1. The van der Waals surface area contributed by atoms with Crippen molar-refractivity contribution in [3.05, 3.63) is 62.4 Å². The Balaban J connectivity index is 1.65. The molecule has 0 fully saturated rings. The van der Waals surface area contributed by atoms with Crippen LogP contribution in [-0.2, 0) is 14.3 Å². The second-order valence-electron chi connectivity index (χ2n) is 8.29. The van der Waals surface area contributed by atoms with Crippen molar-refractivity contribution < 1.29 is 43.5 Å². The van der Waals surface area contributed by atoms with Gasteiger partial charge in [0, 0.05) is 5.70 Å². The Morgan fingerprint density at radius 2 is 1.90 bits per heavy atom. The predicted molar refractivity (Wildman–Crippen MR) is 151 cm³/mol. The maximum absolute atomic E-state index is 12.4. The molecule has 2 atom stereocenters. The number of ether oxygens (including phenoxy) is 4. The third kappa shape index (κ3) is 8.22. The van der Waals surface area contributed by atoms with Crippen molar-refractivity contribution in [2.45, 2.75) is 26.1 Å². The molecule has 0 aliphatic carbocycles. The molecule has 40 heavy (non-hydrogen) atoms. The normalized spacial score (nSPS) is 15.6. The number of aliphatic carboxylic acids is 1. The summed E-state index contributed by atoms with van der Waals surface area (Å²) >= 11 is 2.02. The molecule has 13 nitrogen and oxygen atoms in total. The van der Waals surface area contributed by atoms with E-state index in [1.807, 2.05) is 22.6 Å². The number of methoxy groups -OCH3 is 1. The van der Waals surface area contributed by atoms with Gasteiger partial charge in [-0.25, -0.2) is 14.4 Å². The largest absolute Gasteiger partial charge is 0.490 e. The van der Waals surface area contributed by atoms with Crippen LogP contribution in [0.1, 0.15) is 31.0 Å². The van der Waals surface area contributed by atoms with Gasteiger partial charge in [0.25, 0.3) is 0 Å². The first-order valence-corrected chi connectivity index (χ1v) is 13.1. The molecule has 1 aliphatic rings. The van der Waals surface area contributed by atoms with Crippen LogP contribution < -0.4 is 30.3 Å². The van der Waals surface area contributed by atoms with Crippen molar-refractivity contribution >= 4 is 46.8 Å². The Kier molecular flexibility index (Phi) is 11.0. The fourth-order valence-electron chi connectivity index (χ4n) is 3.67. The van der Waals surface area contributed by atoms with E-state index in [1.165, 1.54) is 13.3 Å². The quantitative estimate of drug-likeness (QED) is 0.0700. The highest BCUT2D eigenvalue weighted by atomic mass is 127. The van der Waals surface area contributed by atoms with Crippen molar-refractivity contribution in [3.8, 4) is 17.2 Å². The Bertz CT molecular complexity index is 1320. The van der Waals surface area contributed by atoms with E-state index in [-0.39, 0.29) is 12.2 Å². The van der Waals surface area contributed by atoms with Gasteiger partial charge in [-0.2, -0.15) is 5.10 Å². The van der Waals surface area contributed by atoms with Crippen LogP contribution >= 0.6 is 22.6 Å². The van der Waals surface area contributed by atoms with Crippen LogP contribution in [0.15, 0.2) is 52.8 Å². The Morgan fingerprint density at radius 1 is 1.15 bits per heavy atom. The van der Waals surface area contributed by atoms with E-state index in [4.69, 9.17) is 24.1 Å². The summed E-state index contributed by atoms with van der Waals surface area (Å²) in [5.74, 6) is -0.526. The first-order chi connectivity index (χ1) is 19.1. The second-order valence-corrected chi connectivity index (χ2v) is 9.45. The fraction of sp³-hybridized carbons (Fsp3) is 0.308. The number of rotatable bonds is 13. The number of allylic oxidation sites excluding steroid dienone is 1. The van der Waals surface area contributed by atoms with E-state index in [1.54, 1.807) is 50.2 Å². The molecular weight excluding hydrogens is 639 g/mol. The Hall–Kier alpha value is -4.05. The van der Waals surface area contributed by atoms with E-state index in [0.717, 1.165) is 0 Å². The number of hydrogen-bond donors (Lipinski definition) is 5. The smallest absolute Gasteiger partial charge is 0.341 e. The number of nitrogens with one attached hydrogen (secondary N) is 3. The lowest BCUT2D eigenvalue weighted by atomic mass is 9.95. The maximum Gasteiger partial charge on any atom is 0.341 e. The number of halogens is 1. The molecule has 0 saturated heterocycles. The zero-order valence-electron chi connectivity index (χ0n) is 21.9. The molecule has 1 heterocycles. The van der Waals surface area contributed by atoms with Gasteiger partial charge in [0.1, 0.15) is 12.4 Å². The molecule has 5 N–H and O–H groups in total. The molecule has 0 bridgehead atoms. The van der Waals surface area contributed by atoms with E-state index in [9.17, 15) is 19.5 Å². The summed E-state index contributed by atoms with van der Waals surface area (Å²) in [6, 6.07) is 8.78. The van der Waals surface area contributed by atoms with Crippen molar-refractivity contribution in [2.24, 2.45) is 5.10 Å². The Labute approximate surface area is 243 Å². The molecule has 0 saturated carbocycles. The van der Waals surface area contributed by atoms with Crippen molar-refractivity contribution in [1.29, 1.82) is 0 Å². The number of esters is 1. The molecule has 2 aromatic rings. The molecule has 0 aromatic heterocycles. The summed E-state index contributed by atoms with van der Waals surface area (Å²) in [6.45, 7) is 3.12. The number of aliphatic hydroxyl groups excluding tert-OH is 1. The number of benzene rings is 2. The summed E-state index contributed by atoms with van der Waals surface area (Å²) in [6.07, 6.45) is 0.317. The molecule has 0 spiro atoms. The van der Waals surface area contributed by atoms with E-state index >= 15 is 0 Å². The summed E-state index contributed by atoms with van der Waals surface area (Å²) in [7, 11) is 1.26. The van der Waals surface area contributed by atoms with Crippen LogP contribution in [0.25, 0.3) is 0 Å². The summed E-state index contributed by atoms with van der Waals surface area (Å²) in [5, 5.41) is 28.3. The van der Waals surface area contributed by atoms with E-state index in [2.05, 4.69) is 21.2 Å². The van der Waals surface area contributed by atoms with Gasteiger partial charge in [-0.15, -0.1) is 0 Å². The number of urea groups is 1. The Morgan fingerprint density at radius 3 is 2.58 bits per heavy atom. The lowest BCUT2D eigenvalue weighted by Crippen LogP contribution is -2.45. The molecule has 2 amide bonds. The number of hydrogen-bond acceptors (Lipinski definition) is 10. The first kappa shape index (κ1) is 30.5. The molecule has 1 aliphatic heterocycles. The minimum Gasteiger partial charge on any atom is -0.490 e. The van der Waals surface area contributed by atoms with Crippen LogP contribution in [0.5, 0.6) is 17.2 Å². The maximum atomic E-state index is 12.4. The first-order valence-electron chi connectivity index (χ1n) is 12.0. The lowest BCUT2D eigenvalue weighted by Gasteiger charge is -2.28. The number of nitrogens with zero attached hydrogens (tertiary/aromatic N) is 1. The monoisotopic (exact) mass is 668 g/mol. The van der Waals surface area contributed by atoms with Gasteiger partial charge in [-0.1, -0.05) is 6.07 Å². The molecule has 3 rings (SSSR count). The number of carbonyl (C=O) groups excluding carboxylic acids is 2. The van der Waals surface area contributed by atoms with Gasteiger partial charge < -0.3 is 39.8 Å². The van der Waals surface area contributed by atoms with Crippen LogP contribution in [0.4, 0.5) is 4.79 Å². The zero-order valence-corrected chi connectivity index (χ0v) is 24.1. The van der Waals surface area contributed by atoms with Gasteiger partial charge in [-0.3, -0.25) is 5.43 Å². The number of carboxylic acids is 1. The van der Waals surface area contributed by atoms with Crippen LogP contribution in [0, 0.1) is 3.57 Å². The topological polar surface area (TPSA) is 177 Å². The zero-order chi connectivity index (χ0) is 29.2. The van der Waals surface area contributed by atoms with Crippen molar-refractivity contribution in [1.82, 2.24) is 16.1 Å². The predicted octanol–water partition coefficient (Wildman–Crippen LogP) is 2.28. The SMILES string of the molecule is CCOc1cc([C@@H]2NC(=O)NC(C)=C2C(=O)OC)ccc1OC[C@H](O)N/N=C\c1ccc(OCC(=O)O)c(I)c1. The summed E-state index contributed by atoms with van der Waals surface area (Å²) in [4.78, 5) is 35.1. The fourth-order valence-corrected chi connectivity index (χ4v) is 4.37. The third-order valence-corrected chi connectivity index (χ3v) is 6.26. The highest BCUT2D eigenvalue weighted by Crippen LogP contribution is 2.35. The van der Waals surface area contributed by atoms with Gasteiger partial charge in [0.2, 0.25) is 0 Å². The van der Waals surface area contributed by atoms with E-state index < -0.39 is 36.8 Å². The molecule has 2 aromatic carbocycles. The number of carbonyl (C=O) groups is 3. The van der Waals surface area contributed by atoms with Gasteiger partial charge in [0.15, 0.2) is 24.3 Å². The third-order valence-electron chi connectivity index (χ3n) is 5.42. The molecule has 0 unspecified atom stereocenters. The molecule has 14 heteroatoms. The average molecular weight is 668 g/mol. The summed E-state index contributed by atoms with van der Waals surface area (Å²) in [5.41, 5.74) is 4.47. The minimum atomic E-state index is -1.16. The second kappa shape index (κ2) is 14.4. The van der Waals surface area contributed by atoms with E-state index in [0.29, 0.717) is 44.2 Å². The van der Waals surface area contributed by atoms with Crippen LogP contribution in [-0.4, -0.2) is 67.6 Å². The average Bonchev–Trinajstić information content (AvgIpc) is 2.91. The lowest BCUT2D eigenvalue weighted by molar-refractivity contribution is -0.139. The highest BCUT2D eigenvalue weighted by Gasteiger charge is 2.32. The number of carboxylic acid groups (broad SMARTS) is 1. The standard InChI is InChI=1S/C26H29IN4O9/c1-4-38-20-10-16(24-23(25(35)37-3)14(2)29-26(36)30-24)6-8-19(20)39-12-21(32)31-28-11-15-5-7-18(17(27)9-15)40-13-22(33)34/h5-11,21,24,31-32H,4,12-13H2,1-3H3,(H,33,34)(H2,29,30,36)/b28-11-/t21-,24-/m0/s1. The van der Waals surface area contributed by atoms with Crippen LogP contribution in [0.3, 0.4) is 0 Å².